The maximum Gasteiger partial charge on any atom is 0.315 e. The van der Waals surface area contributed by atoms with Crippen LogP contribution in [0.2, 0.25) is 0 Å². The summed E-state index contributed by atoms with van der Waals surface area (Å²) in [6.45, 7) is 10.9. The largest absolute Gasteiger partial charge is 0.338 e. The molecule has 5 nitrogen and oxygen atoms in total. The highest BCUT2D eigenvalue weighted by atomic mass is 16.2. The molecule has 0 aromatic rings. The summed E-state index contributed by atoms with van der Waals surface area (Å²) in [5, 5.41) is 6.18. The van der Waals surface area contributed by atoms with Crippen molar-refractivity contribution in [3.63, 3.8) is 0 Å². The van der Waals surface area contributed by atoms with Crippen molar-refractivity contribution in [2.75, 3.05) is 46.3 Å². The zero-order valence-corrected chi connectivity index (χ0v) is 15.3. The van der Waals surface area contributed by atoms with Gasteiger partial charge in [0.15, 0.2) is 0 Å². The summed E-state index contributed by atoms with van der Waals surface area (Å²) in [6, 6.07) is 0.243. The molecule has 0 aromatic carbocycles. The van der Waals surface area contributed by atoms with Gasteiger partial charge in [0.25, 0.3) is 0 Å². The van der Waals surface area contributed by atoms with Crippen molar-refractivity contribution in [3.8, 4) is 0 Å². The smallest absolute Gasteiger partial charge is 0.315 e. The molecule has 2 aliphatic rings. The minimum absolute atomic E-state index is 0.00801. The number of carbonyl (C=O) groups excluding carboxylic acids is 1. The van der Waals surface area contributed by atoms with Gasteiger partial charge < -0.3 is 20.4 Å². The predicted octanol–water partition coefficient (Wildman–Crippen LogP) is 2.14. The Balaban J connectivity index is 1.57. The summed E-state index contributed by atoms with van der Waals surface area (Å²) in [5.74, 6) is 1.41. The maximum atomic E-state index is 12.1. The van der Waals surface area contributed by atoms with Crippen molar-refractivity contribution in [2.45, 2.75) is 52.0 Å². The van der Waals surface area contributed by atoms with E-state index < -0.39 is 0 Å². The van der Waals surface area contributed by atoms with E-state index in [1.165, 1.54) is 25.7 Å². The van der Waals surface area contributed by atoms with Crippen molar-refractivity contribution in [1.82, 2.24) is 20.4 Å². The molecule has 0 radical (unpaired) electrons. The minimum atomic E-state index is 0.00801. The zero-order valence-electron chi connectivity index (χ0n) is 15.3. The number of carbonyl (C=O) groups is 1. The number of nitrogens with one attached hydrogen (secondary N) is 2. The van der Waals surface area contributed by atoms with Crippen LogP contribution in [0.25, 0.3) is 0 Å². The fourth-order valence-electron chi connectivity index (χ4n) is 3.71. The molecule has 134 valence electrons. The summed E-state index contributed by atoms with van der Waals surface area (Å²) < 4.78 is 0. The van der Waals surface area contributed by atoms with E-state index in [0.717, 1.165) is 51.6 Å². The molecule has 0 spiro atoms. The van der Waals surface area contributed by atoms with E-state index in [-0.39, 0.29) is 12.1 Å². The number of likely N-dealkylation sites (N-methyl/N-ethyl adjacent to an activating group) is 1. The lowest BCUT2D eigenvalue weighted by Gasteiger charge is -2.33. The Labute approximate surface area is 142 Å². The normalized spacial score (nSPS) is 28.3. The molecular weight excluding hydrogens is 288 g/mol. The Kier molecular flexibility index (Phi) is 7.63. The first-order valence-electron chi connectivity index (χ1n) is 9.50. The number of amides is 2. The summed E-state index contributed by atoms with van der Waals surface area (Å²) in [6.07, 6.45) is 6.28. The highest BCUT2D eigenvalue weighted by molar-refractivity contribution is 5.74. The molecule has 23 heavy (non-hydrogen) atoms. The maximum absolute atomic E-state index is 12.1. The first-order valence-corrected chi connectivity index (χ1v) is 9.50. The fourth-order valence-corrected chi connectivity index (χ4v) is 3.71. The molecule has 1 aliphatic carbocycles. The summed E-state index contributed by atoms with van der Waals surface area (Å²) in [5.41, 5.74) is 0. The lowest BCUT2D eigenvalue weighted by molar-refractivity contribution is 0.149. The summed E-state index contributed by atoms with van der Waals surface area (Å²) in [7, 11) is 2.18. The second-order valence-electron chi connectivity index (χ2n) is 7.71. The lowest BCUT2D eigenvalue weighted by atomic mass is 9.80. The van der Waals surface area contributed by atoms with Crippen LogP contribution >= 0.6 is 0 Å². The average molecular weight is 325 g/mol. The van der Waals surface area contributed by atoms with Crippen molar-refractivity contribution in [1.29, 1.82) is 0 Å². The molecule has 2 fully saturated rings. The number of nitrogens with zero attached hydrogens (tertiary/aromatic N) is 2. The van der Waals surface area contributed by atoms with Gasteiger partial charge in [-0.3, -0.25) is 0 Å². The molecule has 0 bridgehead atoms. The average Bonchev–Trinajstić information content (AvgIpc) is 2.53. The molecule has 5 heteroatoms. The van der Waals surface area contributed by atoms with Gasteiger partial charge in [0.1, 0.15) is 0 Å². The molecule has 1 aliphatic heterocycles. The van der Waals surface area contributed by atoms with Crippen LogP contribution in [0.3, 0.4) is 0 Å². The van der Waals surface area contributed by atoms with Crippen molar-refractivity contribution in [3.05, 3.63) is 0 Å². The van der Waals surface area contributed by atoms with E-state index in [1.54, 1.807) is 0 Å². The molecule has 1 saturated carbocycles. The Hall–Kier alpha value is -0.810. The monoisotopic (exact) mass is 324 g/mol. The van der Waals surface area contributed by atoms with Gasteiger partial charge in [-0.1, -0.05) is 26.2 Å². The number of urea groups is 1. The summed E-state index contributed by atoms with van der Waals surface area (Å²) in [4.78, 5) is 16.9. The van der Waals surface area contributed by atoms with Crippen LogP contribution in [0.4, 0.5) is 4.79 Å². The van der Waals surface area contributed by atoms with Gasteiger partial charge in [0, 0.05) is 45.3 Å². The number of hydrogen-bond donors (Lipinski definition) is 2. The fraction of sp³-hybridized carbons (Fsp3) is 0.944. The van der Waals surface area contributed by atoms with Gasteiger partial charge in [-0.15, -0.1) is 0 Å². The number of rotatable bonds is 6. The predicted molar refractivity (Wildman–Crippen MR) is 95.7 cm³/mol. The van der Waals surface area contributed by atoms with Crippen LogP contribution in [-0.4, -0.2) is 68.2 Å². The van der Waals surface area contributed by atoms with E-state index in [1.807, 2.05) is 0 Å². The van der Waals surface area contributed by atoms with Crippen molar-refractivity contribution >= 4 is 6.03 Å². The molecule has 3 atom stereocenters. The highest BCUT2D eigenvalue weighted by Crippen LogP contribution is 2.28. The second kappa shape index (κ2) is 9.48. The number of piperazine rings is 1. The van der Waals surface area contributed by atoms with Crippen molar-refractivity contribution < 1.29 is 4.79 Å². The van der Waals surface area contributed by atoms with Gasteiger partial charge in [-0.25, -0.2) is 4.79 Å². The molecule has 0 aromatic heterocycles. The van der Waals surface area contributed by atoms with Crippen LogP contribution in [-0.2, 0) is 0 Å². The second-order valence-corrected chi connectivity index (χ2v) is 7.71. The summed E-state index contributed by atoms with van der Waals surface area (Å²) >= 11 is 0. The Bertz CT molecular complexity index is 355. The van der Waals surface area contributed by atoms with Crippen LogP contribution in [0.1, 0.15) is 46.0 Å². The van der Waals surface area contributed by atoms with Gasteiger partial charge in [-0.05, 0) is 38.6 Å². The van der Waals surface area contributed by atoms with Gasteiger partial charge >= 0.3 is 6.03 Å². The number of hydrogen-bond acceptors (Lipinski definition) is 3. The SMILES string of the molecule is CC(CCN1CCN(C)CC1)NC(=O)NCC1CCCCC1C. The van der Waals surface area contributed by atoms with E-state index in [2.05, 4.69) is 41.3 Å². The first kappa shape index (κ1) is 18.5. The molecule has 1 heterocycles. The van der Waals surface area contributed by atoms with Crippen LogP contribution in [0, 0.1) is 11.8 Å². The Morgan fingerprint density at radius 1 is 1.17 bits per heavy atom. The Morgan fingerprint density at radius 2 is 1.87 bits per heavy atom. The van der Waals surface area contributed by atoms with E-state index >= 15 is 0 Å². The van der Waals surface area contributed by atoms with E-state index in [9.17, 15) is 4.79 Å². The third-order valence-corrected chi connectivity index (χ3v) is 5.67. The molecule has 2 amide bonds. The van der Waals surface area contributed by atoms with Crippen LogP contribution < -0.4 is 10.6 Å². The molecule has 3 unspecified atom stereocenters. The van der Waals surface area contributed by atoms with Gasteiger partial charge in [-0.2, -0.15) is 0 Å². The molecule has 1 saturated heterocycles. The quantitative estimate of drug-likeness (QED) is 0.787. The molecule has 2 rings (SSSR count). The van der Waals surface area contributed by atoms with Crippen molar-refractivity contribution in [2.24, 2.45) is 11.8 Å². The molecular formula is C18H36N4O. The van der Waals surface area contributed by atoms with E-state index in [4.69, 9.17) is 0 Å². The topological polar surface area (TPSA) is 47.6 Å². The third kappa shape index (κ3) is 6.68. The Morgan fingerprint density at radius 3 is 2.57 bits per heavy atom. The van der Waals surface area contributed by atoms with Crippen LogP contribution in [0.15, 0.2) is 0 Å². The third-order valence-electron chi connectivity index (χ3n) is 5.67. The minimum Gasteiger partial charge on any atom is -0.338 e. The highest BCUT2D eigenvalue weighted by Gasteiger charge is 2.22. The van der Waals surface area contributed by atoms with E-state index in [0.29, 0.717) is 5.92 Å². The van der Waals surface area contributed by atoms with Crippen LogP contribution in [0.5, 0.6) is 0 Å². The molecule has 2 N–H and O–H groups in total. The zero-order chi connectivity index (χ0) is 16.7. The van der Waals surface area contributed by atoms with Gasteiger partial charge in [0.05, 0.1) is 0 Å². The lowest BCUT2D eigenvalue weighted by Crippen LogP contribution is -2.47. The van der Waals surface area contributed by atoms with Gasteiger partial charge in [0.2, 0.25) is 0 Å². The standard InChI is InChI=1S/C18H36N4O/c1-15-6-4-5-7-17(15)14-19-18(23)20-16(2)8-9-22-12-10-21(3)11-13-22/h15-17H,4-14H2,1-3H3,(H2,19,20,23). The first-order chi connectivity index (χ1) is 11.0.